The van der Waals surface area contributed by atoms with E-state index in [1.54, 1.807) is 19.1 Å². The Balaban J connectivity index is 1.63. The number of allylic oxidation sites excluding steroid dienone is 1. The lowest BCUT2D eigenvalue weighted by Gasteiger charge is -2.14. The molecule has 0 unspecified atom stereocenters. The van der Waals surface area contributed by atoms with Gasteiger partial charge in [-0.15, -0.1) is 0 Å². The zero-order valence-corrected chi connectivity index (χ0v) is 18.7. The zero-order valence-electron chi connectivity index (χ0n) is 17.9. The third-order valence-electron chi connectivity index (χ3n) is 5.08. The van der Waals surface area contributed by atoms with Gasteiger partial charge in [0.1, 0.15) is 28.9 Å². The number of nitrogens with one attached hydrogen (secondary N) is 1. The third-order valence-corrected chi connectivity index (χ3v) is 5.30. The second-order valence-corrected chi connectivity index (χ2v) is 7.88. The predicted molar refractivity (Wildman–Crippen MR) is 122 cm³/mol. The summed E-state index contributed by atoms with van der Waals surface area (Å²) in [6.07, 6.45) is 3.54. The van der Waals surface area contributed by atoms with Crippen molar-refractivity contribution < 1.29 is 17.7 Å². The summed E-state index contributed by atoms with van der Waals surface area (Å²) in [7, 11) is 0. The molecule has 1 heterocycles. The van der Waals surface area contributed by atoms with E-state index in [1.807, 2.05) is 13.0 Å². The molecule has 32 heavy (non-hydrogen) atoms. The van der Waals surface area contributed by atoms with Crippen LogP contribution in [-0.4, -0.2) is 11.7 Å². The van der Waals surface area contributed by atoms with E-state index in [4.69, 9.17) is 16.1 Å². The maximum absolute atomic E-state index is 14.1. The molecule has 7 heteroatoms. The van der Waals surface area contributed by atoms with E-state index in [1.165, 1.54) is 6.07 Å². The van der Waals surface area contributed by atoms with Crippen molar-refractivity contribution in [2.75, 3.05) is 6.54 Å². The Morgan fingerprint density at radius 1 is 1.16 bits per heavy atom. The molecule has 168 valence electrons. The normalized spacial score (nSPS) is 11.6. The van der Waals surface area contributed by atoms with Crippen LogP contribution in [0, 0.1) is 24.4 Å². The van der Waals surface area contributed by atoms with Gasteiger partial charge in [0.2, 0.25) is 0 Å². The van der Waals surface area contributed by atoms with E-state index in [9.17, 15) is 13.2 Å². The Morgan fingerprint density at radius 3 is 2.69 bits per heavy atom. The maximum Gasteiger partial charge on any atom is 0.141 e. The van der Waals surface area contributed by atoms with Crippen LogP contribution < -0.4 is 5.32 Å². The maximum atomic E-state index is 14.1. The van der Waals surface area contributed by atoms with E-state index in [-0.39, 0.29) is 17.8 Å². The second-order valence-electron chi connectivity index (χ2n) is 7.44. The minimum atomic E-state index is -0.516. The summed E-state index contributed by atoms with van der Waals surface area (Å²) in [5.74, 6) is -0.969. The Labute approximate surface area is 190 Å². The highest BCUT2D eigenvalue weighted by Crippen LogP contribution is 2.28. The van der Waals surface area contributed by atoms with Crippen molar-refractivity contribution >= 4 is 22.9 Å². The molecule has 0 aliphatic carbocycles. The van der Waals surface area contributed by atoms with Crippen LogP contribution in [0.1, 0.15) is 47.9 Å². The summed E-state index contributed by atoms with van der Waals surface area (Å²) in [5, 5.41) is 7.50. The Kier molecular flexibility index (Phi) is 7.80. The molecular weight excluding hydrogens is 437 g/mol. The Hall–Kier alpha value is -2.99. The van der Waals surface area contributed by atoms with Crippen molar-refractivity contribution in [2.24, 2.45) is 0 Å². The summed E-state index contributed by atoms with van der Waals surface area (Å²) >= 11 is 6.05. The molecule has 0 spiro atoms. The lowest BCUT2D eigenvalue weighted by molar-refractivity contribution is 0.386. The first-order valence-corrected chi connectivity index (χ1v) is 10.6. The summed E-state index contributed by atoms with van der Waals surface area (Å²) < 4.78 is 46.6. The molecule has 1 N–H and O–H groups in total. The van der Waals surface area contributed by atoms with Crippen LogP contribution in [-0.2, 0) is 6.42 Å². The quantitative estimate of drug-likeness (QED) is 0.370. The molecule has 0 saturated heterocycles. The lowest BCUT2D eigenvalue weighted by atomic mass is 9.96. The lowest BCUT2D eigenvalue weighted by Crippen LogP contribution is -2.14. The van der Waals surface area contributed by atoms with Gasteiger partial charge in [0.05, 0.1) is 5.70 Å². The molecule has 0 radical (unpaired) electrons. The molecule has 3 nitrogen and oxygen atoms in total. The van der Waals surface area contributed by atoms with E-state index in [2.05, 4.69) is 17.1 Å². The molecule has 0 aliphatic heterocycles. The molecule has 0 amide bonds. The fraction of sp³-hybridized carbons (Fsp3) is 0.240. The van der Waals surface area contributed by atoms with Crippen molar-refractivity contribution in [2.45, 2.75) is 33.1 Å². The fourth-order valence-corrected chi connectivity index (χ4v) is 3.62. The van der Waals surface area contributed by atoms with Gasteiger partial charge in [0.25, 0.3) is 0 Å². The van der Waals surface area contributed by atoms with Gasteiger partial charge >= 0.3 is 0 Å². The molecule has 2 aromatic carbocycles. The number of benzene rings is 2. The van der Waals surface area contributed by atoms with Crippen LogP contribution in [0.25, 0.3) is 11.3 Å². The van der Waals surface area contributed by atoms with Crippen LogP contribution >= 0.6 is 11.6 Å². The van der Waals surface area contributed by atoms with Gasteiger partial charge in [-0.3, -0.25) is 0 Å². The van der Waals surface area contributed by atoms with Gasteiger partial charge in [-0.25, -0.2) is 13.2 Å². The van der Waals surface area contributed by atoms with Gasteiger partial charge < -0.3 is 9.84 Å². The van der Waals surface area contributed by atoms with Gasteiger partial charge in [-0.1, -0.05) is 36.3 Å². The van der Waals surface area contributed by atoms with Crippen LogP contribution in [0.3, 0.4) is 0 Å². The largest absolute Gasteiger partial charge is 0.383 e. The van der Waals surface area contributed by atoms with Gasteiger partial charge in [-0.05, 0) is 72.4 Å². The van der Waals surface area contributed by atoms with Crippen molar-refractivity contribution in [3.63, 3.8) is 0 Å². The van der Waals surface area contributed by atoms with Crippen LogP contribution in [0.4, 0.5) is 13.2 Å². The van der Waals surface area contributed by atoms with E-state index < -0.39 is 11.6 Å². The fourth-order valence-electron chi connectivity index (χ4n) is 3.42. The highest BCUT2D eigenvalue weighted by atomic mass is 35.5. The van der Waals surface area contributed by atoms with Crippen LogP contribution in [0.5, 0.6) is 0 Å². The first kappa shape index (κ1) is 23.7. The predicted octanol–water partition coefficient (Wildman–Crippen LogP) is 7.09. The number of halogens is 4. The molecular formula is C25H24ClF3N2O. The minimum Gasteiger partial charge on any atom is -0.383 e. The molecule has 0 fully saturated rings. The molecule has 0 atom stereocenters. The van der Waals surface area contributed by atoms with Crippen molar-refractivity contribution in [3.8, 4) is 0 Å². The van der Waals surface area contributed by atoms with Gasteiger partial charge in [0, 0.05) is 24.1 Å². The smallest absolute Gasteiger partial charge is 0.141 e. The van der Waals surface area contributed by atoms with E-state index in [0.717, 1.165) is 35.8 Å². The number of rotatable bonds is 9. The van der Waals surface area contributed by atoms with Crippen molar-refractivity contribution in [1.29, 1.82) is 0 Å². The minimum absolute atomic E-state index is 0.0763. The average Bonchev–Trinajstić information content (AvgIpc) is 3.21. The highest BCUT2D eigenvalue weighted by molar-refractivity contribution is 6.30. The number of aromatic nitrogens is 1. The SMILES string of the molecule is C=C(NCC/C(=C/CC)c1cc(Cl)cc(F)c1C)c1cc(Cc2cc(F)ccc2F)on1. The Morgan fingerprint density at radius 2 is 1.94 bits per heavy atom. The topological polar surface area (TPSA) is 38.1 Å². The summed E-state index contributed by atoms with van der Waals surface area (Å²) in [4.78, 5) is 0. The summed E-state index contributed by atoms with van der Waals surface area (Å²) in [6, 6.07) is 7.99. The number of nitrogens with zero attached hydrogens (tertiary/aromatic N) is 1. The standard InChI is InChI=1S/C25H24ClF3N2O/c1-4-5-17(22-12-19(26)13-24(29)15(22)2)8-9-30-16(3)25-14-21(32-31-25)11-18-10-20(27)6-7-23(18)28/h5-7,10,12-14,30H,3-4,8-9,11H2,1-2H3/b17-5-. The van der Waals surface area contributed by atoms with Crippen molar-refractivity contribution in [1.82, 2.24) is 10.5 Å². The monoisotopic (exact) mass is 460 g/mol. The van der Waals surface area contributed by atoms with E-state index in [0.29, 0.717) is 40.7 Å². The molecule has 3 rings (SSSR count). The van der Waals surface area contributed by atoms with E-state index >= 15 is 0 Å². The molecule has 0 aliphatic rings. The third kappa shape index (κ3) is 5.82. The highest BCUT2D eigenvalue weighted by Gasteiger charge is 2.13. The summed E-state index contributed by atoms with van der Waals surface area (Å²) in [6.45, 7) is 8.24. The average molecular weight is 461 g/mol. The van der Waals surface area contributed by atoms with Crippen molar-refractivity contribution in [3.05, 3.63) is 99.7 Å². The molecule has 1 aromatic heterocycles. The first-order valence-electron chi connectivity index (χ1n) is 10.3. The second kappa shape index (κ2) is 10.6. The van der Waals surface area contributed by atoms with Gasteiger partial charge in [-0.2, -0.15) is 0 Å². The molecule has 3 aromatic rings. The zero-order chi connectivity index (χ0) is 23.3. The number of hydrogen-bond acceptors (Lipinski definition) is 3. The first-order chi connectivity index (χ1) is 15.3. The Bertz CT molecular complexity index is 1150. The van der Waals surface area contributed by atoms with Gasteiger partial charge in [0.15, 0.2) is 0 Å². The summed E-state index contributed by atoms with van der Waals surface area (Å²) in [5.41, 5.74) is 3.51. The number of hydrogen-bond donors (Lipinski definition) is 1. The van der Waals surface area contributed by atoms with Crippen LogP contribution in [0.2, 0.25) is 5.02 Å². The molecule has 0 bridgehead atoms. The van der Waals surface area contributed by atoms with Crippen LogP contribution in [0.15, 0.2) is 53.6 Å². The molecule has 0 saturated carbocycles.